The van der Waals surface area contributed by atoms with Crippen molar-refractivity contribution < 1.29 is 13.2 Å². The van der Waals surface area contributed by atoms with Gasteiger partial charge in [-0.3, -0.25) is 4.79 Å². The molecule has 0 radical (unpaired) electrons. The van der Waals surface area contributed by atoms with Crippen LogP contribution in [0.3, 0.4) is 0 Å². The largest absolute Gasteiger partial charge is 0.339 e. The molecule has 1 saturated carbocycles. The number of rotatable bonds is 5. The van der Waals surface area contributed by atoms with Crippen molar-refractivity contribution in [3.63, 3.8) is 0 Å². The van der Waals surface area contributed by atoms with Crippen molar-refractivity contribution in [2.75, 3.05) is 46.8 Å². The Hall–Kier alpha value is -0.700. The van der Waals surface area contributed by atoms with Crippen molar-refractivity contribution in [2.24, 2.45) is 0 Å². The van der Waals surface area contributed by atoms with E-state index in [2.05, 4.69) is 5.32 Å². The molecule has 2 aliphatic rings. The first-order chi connectivity index (χ1) is 8.91. The normalized spacial score (nSPS) is 21.9. The van der Waals surface area contributed by atoms with Crippen LogP contribution in [-0.4, -0.2) is 80.7 Å². The highest BCUT2D eigenvalue weighted by atomic mass is 32.2. The Bertz CT molecular complexity index is 425. The molecular weight excluding hydrogens is 268 g/mol. The van der Waals surface area contributed by atoms with Gasteiger partial charge in [0.1, 0.15) is 0 Å². The molecule has 7 nitrogen and oxygen atoms in total. The van der Waals surface area contributed by atoms with E-state index in [1.54, 1.807) is 4.90 Å². The van der Waals surface area contributed by atoms with Crippen LogP contribution in [0.5, 0.6) is 0 Å². The maximum absolute atomic E-state index is 11.9. The van der Waals surface area contributed by atoms with Crippen LogP contribution >= 0.6 is 0 Å². The van der Waals surface area contributed by atoms with E-state index in [1.165, 1.54) is 22.7 Å². The predicted octanol–water partition coefficient (Wildman–Crippen LogP) is -1.31. The highest BCUT2D eigenvalue weighted by Crippen LogP contribution is 2.18. The Kier molecular flexibility index (Phi) is 4.44. The van der Waals surface area contributed by atoms with Crippen molar-refractivity contribution in [1.29, 1.82) is 0 Å². The van der Waals surface area contributed by atoms with Crippen LogP contribution in [0.2, 0.25) is 0 Å². The summed E-state index contributed by atoms with van der Waals surface area (Å²) in [7, 11) is -0.311. The molecule has 1 saturated heterocycles. The van der Waals surface area contributed by atoms with Crippen LogP contribution in [0.4, 0.5) is 0 Å². The Morgan fingerprint density at radius 3 is 2.26 bits per heavy atom. The molecule has 0 spiro atoms. The molecule has 0 bridgehead atoms. The molecule has 0 unspecified atom stereocenters. The van der Waals surface area contributed by atoms with Crippen molar-refractivity contribution in [3.8, 4) is 0 Å². The van der Waals surface area contributed by atoms with Gasteiger partial charge < -0.3 is 10.2 Å². The minimum Gasteiger partial charge on any atom is -0.339 e. The zero-order chi connectivity index (χ0) is 14.0. The van der Waals surface area contributed by atoms with Crippen LogP contribution in [0.1, 0.15) is 12.8 Å². The molecule has 19 heavy (non-hydrogen) atoms. The summed E-state index contributed by atoms with van der Waals surface area (Å²) in [6.45, 7) is 2.05. The Morgan fingerprint density at radius 1 is 1.21 bits per heavy atom. The summed E-state index contributed by atoms with van der Waals surface area (Å²) in [6, 6.07) is 0.513. The summed E-state index contributed by atoms with van der Waals surface area (Å²) >= 11 is 0. The molecule has 1 amide bonds. The molecule has 0 aromatic carbocycles. The minimum atomic E-state index is -3.35. The number of hydrogen-bond acceptors (Lipinski definition) is 4. The van der Waals surface area contributed by atoms with Crippen LogP contribution in [-0.2, 0) is 15.0 Å². The fourth-order valence-corrected chi connectivity index (χ4v) is 3.12. The van der Waals surface area contributed by atoms with E-state index >= 15 is 0 Å². The highest BCUT2D eigenvalue weighted by molar-refractivity contribution is 7.86. The van der Waals surface area contributed by atoms with Gasteiger partial charge in [-0.25, -0.2) is 0 Å². The summed E-state index contributed by atoms with van der Waals surface area (Å²) in [5, 5.41) is 3.18. The first-order valence-corrected chi connectivity index (χ1v) is 7.99. The second kappa shape index (κ2) is 5.74. The lowest BCUT2D eigenvalue weighted by Crippen LogP contribution is -2.54. The molecule has 1 heterocycles. The van der Waals surface area contributed by atoms with Crippen LogP contribution < -0.4 is 5.32 Å². The van der Waals surface area contributed by atoms with Crippen molar-refractivity contribution in [3.05, 3.63) is 0 Å². The second-order valence-corrected chi connectivity index (χ2v) is 7.37. The number of nitrogens with zero attached hydrogens (tertiary/aromatic N) is 3. The summed E-state index contributed by atoms with van der Waals surface area (Å²) < 4.78 is 26.5. The number of carbonyl (C=O) groups excluding carboxylic acids is 1. The van der Waals surface area contributed by atoms with Gasteiger partial charge in [-0.2, -0.15) is 17.0 Å². The van der Waals surface area contributed by atoms with Crippen molar-refractivity contribution in [2.45, 2.75) is 18.9 Å². The molecular formula is C11H22N4O3S. The van der Waals surface area contributed by atoms with Crippen LogP contribution in [0.15, 0.2) is 0 Å². The lowest BCUT2D eigenvalue weighted by Gasteiger charge is -2.35. The minimum absolute atomic E-state index is 0.0637. The first-order valence-electron chi connectivity index (χ1n) is 6.60. The maximum Gasteiger partial charge on any atom is 0.281 e. The SMILES string of the molecule is CN(C)S(=O)(=O)N1CCN(C(=O)CNC2CC2)CC1. The topological polar surface area (TPSA) is 73.0 Å². The highest BCUT2D eigenvalue weighted by Gasteiger charge is 2.30. The molecule has 0 aromatic rings. The number of amides is 1. The van der Waals surface area contributed by atoms with E-state index in [9.17, 15) is 13.2 Å². The van der Waals surface area contributed by atoms with E-state index in [1.807, 2.05) is 0 Å². The first kappa shape index (κ1) is 14.7. The fraction of sp³-hybridized carbons (Fsp3) is 0.909. The Labute approximate surface area is 114 Å². The van der Waals surface area contributed by atoms with Gasteiger partial charge in [0.2, 0.25) is 5.91 Å². The van der Waals surface area contributed by atoms with Gasteiger partial charge in [0.25, 0.3) is 10.2 Å². The monoisotopic (exact) mass is 290 g/mol. The Balaban J connectivity index is 1.79. The number of nitrogens with one attached hydrogen (secondary N) is 1. The lowest BCUT2D eigenvalue weighted by molar-refractivity contribution is -0.131. The van der Waals surface area contributed by atoms with Crippen molar-refractivity contribution in [1.82, 2.24) is 18.8 Å². The summed E-state index contributed by atoms with van der Waals surface area (Å²) in [6.07, 6.45) is 2.31. The molecule has 2 fully saturated rings. The molecule has 1 aliphatic heterocycles. The standard InChI is InChI=1S/C11H22N4O3S/c1-13(2)19(17,18)15-7-5-14(6-8-15)11(16)9-12-10-3-4-10/h10,12H,3-9H2,1-2H3. The molecule has 110 valence electrons. The number of carbonyl (C=O) groups is 1. The summed E-state index contributed by atoms with van der Waals surface area (Å²) in [4.78, 5) is 13.6. The number of hydrogen-bond donors (Lipinski definition) is 1. The van der Waals surface area contributed by atoms with E-state index in [0.29, 0.717) is 38.8 Å². The third kappa shape index (κ3) is 3.65. The molecule has 0 aromatic heterocycles. The predicted molar refractivity (Wildman–Crippen MR) is 71.8 cm³/mol. The zero-order valence-corrected chi connectivity index (χ0v) is 12.3. The van der Waals surface area contributed by atoms with E-state index in [4.69, 9.17) is 0 Å². The van der Waals surface area contributed by atoms with Gasteiger partial charge in [-0.15, -0.1) is 0 Å². The second-order valence-electron chi connectivity index (χ2n) is 5.23. The zero-order valence-electron chi connectivity index (χ0n) is 11.5. The quantitative estimate of drug-likeness (QED) is 0.682. The van der Waals surface area contributed by atoms with Gasteiger partial charge in [0.15, 0.2) is 0 Å². The fourth-order valence-electron chi connectivity index (χ4n) is 2.03. The molecule has 1 N–H and O–H groups in total. The number of piperazine rings is 1. The van der Waals surface area contributed by atoms with Crippen molar-refractivity contribution >= 4 is 16.1 Å². The lowest BCUT2D eigenvalue weighted by atomic mass is 10.3. The smallest absolute Gasteiger partial charge is 0.281 e. The Morgan fingerprint density at radius 2 is 1.79 bits per heavy atom. The maximum atomic E-state index is 11.9. The van der Waals surface area contributed by atoms with Gasteiger partial charge in [-0.05, 0) is 12.8 Å². The summed E-state index contributed by atoms with van der Waals surface area (Å²) in [5.74, 6) is 0.0637. The van der Waals surface area contributed by atoms with Gasteiger partial charge in [0.05, 0.1) is 6.54 Å². The third-order valence-corrected chi connectivity index (χ3v) is 5.44. The van der Waals surface area contributed by atoms with E-state index < -0.39 is 10.2 Å². The molecule has 2 rings (SSSR count). The van der Waals surface area contributed by atoms with Crippen LogP contribution in [0, 0.1) is 0 Å². The van der Waals surface area contributed by atoms with E-state index in [-0.39, 0.29) is 5.91 Å². The third-order valence-electron chi connectivity index (χ3n) is 3.50. The molecule has 8 heteroatoms. The summed E-state index contributed by atoms with van der Waals surface area (Å²) in [5.41, 5.74) is 0. The van der Waals surface area contributed by atoms with Gasteiger partial charge >= 0.3 is 0 Å². The average Bonchev–Trinajstić information content (AvgIpc) is 3.20. The van der Waals surface area contributed by atoms with Crippen LogP contribution in [0.25, 0.3) is 0 Å². The van der Waals surface area contributed by atoms with E-state index in [0.717, 1.165) is 12.8 Å². The van der Waals surface area contributed by atoms with Gasteiger partial charge in [-0.1, -0.05) is 0 Å². The average molecular weight is 290 g/mol. The van der Waals surface area contributed by atoms with Gasteiger partial charge in [0, 0.05) is 46.3 Å². The molecule has 0 atom stereocenters. The molecule has 1 aliphatic carbocycles.